The van der Waals surface area contributed by atoms with Gasteiger partial charge in [0.25, 0.3) is 0 Å². The second kappa shape index (κ2) is 23.4. The van der Waals surface area contributed by atoms with Crippen molar-refractivity contribution in [3.05, 3.63) is 0 Å². The largest absolute Gasteiger partial charge is 0.396 e. The fourth-order valence-electron chi connectivity index (χ4n) is 2.33. The van der Waals surface area contributed by atoms with Crippen molar-refractivity contribution in [2.24, 2.45) is 11.8 Å². The minimum Gasteiger partial charge on any atom is -0.396 e. The maximum absolute atomic E-state index is 12.1. The number of amides is 2. The summed E-state index contributed by atoms with van der Waals surface area (Å²) in [6.07, 6.45) is 2.97. The number of ketones is 1. The van der Waals surface area contributed by atoms with Gasteiger partial charge >= 0.3 is 6.03 Å². The molecule has 0 bridgehead atoms. The second-order valence-corrected chi connectivity index (χ2v) is 7.15. The lowest BCUT2D eigenvalue weighted by atomic mass is 10.1. The van der Waals surface area contributed by atoms with Crippen molar-refractivity contribution in [3.8, 4) is 0 Å². The number of aliphatic hydroxyl groups excluding tert-OH is 4. The number of nitrogens with one attached hydrogen (secondary N) is 2. The van der Waals surface area contributed by atoms with E-state index in [1.54, 1.807) is 6.92 Å². The molecule has 0 unspecified atom stereocenters. The molecule has 186 valence electrons. The third-order valence-electron chi connectivity index (χ3n) is 4.20. The fraction of sp³-hybridized carbons (Fsp3) is 0.905. The van der Waals surface area contributed by atoms with Crippen LogP contribution in [-0.2, 0) is 14.3 Å². The van der Waals surface area contributed by atoms with Gasteiger partial charge in [0.05, 0.1) is 58.9 Å². The first kappa shape index (κ1) is 31.9. The van der Waals surface area contributed by atoms with Gasteiger partial charge in [-0.05, 0) is 19.8 Å². The van der Waals surface area contributed by atoms with Gasteiger partial charge in [-0.3, -0.25) is 0 Å². The van der Waals surface area contributed by atoms with Crippen LogP contribution >= 0.6 is 0 Å². The van der Waals surface area contributed by atoms with E-state index in [-0.39, 0.29) is 64.7 Å². The maximum atomic E-state index is 12.1. The van der Waals surface area contributed by atoms with Gasteiger partial charge in [0.2, 0.25) is 0 Å². The Morgan fingerprint density at radius 1 is 0.774 bits per heavy atom. The van der Waals surface area contributed by atoms with Gasteiger partial charge < -0.3 is 45.3 Å². The van der Waals surface area contributed by atoms with Gasteiger partial charge in [0, 0.05) is 24.8 Å². The lowest BCUT2D eigenvalue weighted by Gasteiger charge is -2.21. The highest BCUT2D eigenvalue weighted by atomic mass is 16.5. The predicted molar refractivity (Wildman–Crippen MR) is 118 cm³/mol. The third-order valence-corrected chi connectivity index (χ3v) is 4.20. The van der Waals surface area contributed by atoms with E-state index in [4.69, 9.17) is 29.9 Å². The van der Waals surface area contributed by atoms with Crippen molar-refractivity contribution >= 4 is 11.8 Å². The van der Waals surface area contributed by atoms with Gasteiger partial charge in [0.15, 0.2) is 0 Å². The predicted octanol–water partition coefficient (Wildman–Crippen LogP) is 0.0646. The van der Waals surface area contributed by atoms with Crippen molar-refractivity contribution in [1.82, 2.24) is 10.6 Å². The molecule has 0 aliphatic heterocycles. The van der Waals surface area contributed by atoms with Crippen molar-refractivity contribution < 1.29 is 39.5 Å². The lowest BCUT2D eigenvalue weighted by molar-refractivity contribution is -0.117. The van der Waals surface area contributed by atoms with Crippen molar-refractivity contribution in [2.75, 3.05) is 59.4 Å². The zero-order valence-corrected chi connectivity index (χ0v) is 19.3. The molecule has 0 radical (unpaired) electrons. The molecule has 0 atom stereocenters. The van der Waals surface area contributed by atoms with Gasteiger partial charge in [-0.1, -0.05) is 20.3 Å². The number of ether oxygens (including phenoxy) is 2. The molecule has 0 saturated heterocycles. The number of Topliss-reactive ketones (excluding diaryl/α,β-unsaturated/α-hetero) is 1. The molecule has 0 fully saturated rings. The summed E-state index contributed by atoms with van der Waals surface area (Å²) in [5.41, 5.74) is 0. The topological polar surface area (TPSA) is 158 Å². The van der Waals surface area contributed by atoms with Crippen LogP contribution in [0.1, 0.15) is 46.5 Å². The van der Waals surface area contributed by atoms with Crippen LogP contribution in [0.25, 0.3) is 0 Å². The number of aliphatic hydroxyl groups is 4. The van der Waals surface area contributed by atoms with Crippen LogP contribution in [0.5, 0.6) is 0 Å². The molecule has 10 nitrogen and oxygen atoms in total. The summed E-state index contributed by atoms with van der Waals surface area (Å²) in [7, 11) is 0. The Balaban J connectivity index is 0. The average molecular weight is 453 g/mol. The highest BCUT2D eigenvalue weighted by Crippen LogP contribution is 2.01. The Kier molecular flexibility index (Phi) is 24.0. The average Bonchev–Trinajstić information content (AvgIpc) is 2.77. The molecule has 10 heteroatoms. The summed E-state index contributed by atoms with van der Waals surface area (Å²) >= 11 is 0. The molecular weight excluding hydrogens is 408 g/mol. The van der Waals surface area contributed by atoms with Crippen molar-refractivity contribution in [3.63, 3.8) is 0 Å². The van der Waals surface area contributed by atoms with Crippen LogP contribution in [-0.4, -0.2) is 97.7 Å². The van der Waals surface area contributed by atoms with Crippen LogP contribution < -0.4 is 10.6 Å². The molecule has 0 aliphatic rings. The standard InChI is InChI=1S/C19H38N2O8.C2H6/c1-15(26)5-3-2-4-6-20-19(27)21-18(13-28-11-16(7-22)8-23)14-29-12-17(9-24)10-25;1-2/h16-18,22-25H,2-14H2,1H3,(H2,20,21,27);1-2H3. The Morgan fingerprint density at radius 3 is 1.68 bits per heavy atom. The fourth-order valence-corrected chi connectivity index (χ4v) is 2.33. The van der Waals surface area contributed by atoms with Crippen LogP contribution in [0.2, 0.25) is 0 Å². The highest BCUT2D eigenvalue weighted by molar-refractivity contribution is 5.75. The number of unbranched alkanes of at least 4 members (excludes halogenated alkanes) is 2. The van der Waals surface area contributed by atoms with E-state index in [9.17, 15) is 9.59 Å². The van der Waals surface area contributed by atoms with Crippen LogP contribution in [0.4, 0.5) is 4.79 Å². The van der Waals surface area contributed by atoms with Crippen LogP contribution in [0, 0.1) is 11.8 Å². The summed E-state index contributed by atoms with van der Waals surface area (Å²) in [6, 6.07) is -0.862. The van der Waals surface area contributed by atoms with Gasteiger partial charge in [-0.2, -0.15) is 0 Å². The molecule has 0 aromatic carbocycles. The zero-order valence-electron chi connectivity index (χ0n) is 19.3. The smallest absolute Gasteiger partial charge is 0.315 e. The van der Waals surface area contributed by atoms with E-state index in [0.717, 1.165) is 19.3 Å². The summed E-state index contributed by atoms with van der Waals surface area (Å²) in [4.78, 5) is 22.9. The maximum Gasteiger partial charge on any atom is 0.315 e. The first-order valence-corrected chi connectivity index (χ1v) is 11.1. The number of carbonyl (C=O) groups is 2. The van der Waals surface area contributed by atoms with E-state index in [1.165, 1.54) is 0 Å². The van der Waals surface area contributed by atoms with Crippen LogP contribution in [0.15, 0.2) is 0 Å². The highest BCUT2D eigenvalue weighted by Gasteiger charge is 2.16. The Hall–Kier alpha value is -1.30. The minimum atomic E-state index is -0.483. The van der Waals surface area contributed by atoms with Gasteiger partial charge in [-0.25, -0.2) is 4.79 Å². The molecule has 2 amide bonds. The molecule has 0 aromatic heterocycles. The van der Waals surface area contributed by atoms with Crippen molar-refractivity contribution in [1.29, 1.82) is 0 Å². The first-order chi connectivity index (χ1) is 15.0. The number of hydrogen-bond donors (Lipinski definition) is 6. The molecule has 0 heterocycles. The van der Waals surface area contributed by atoms with E-state index in [0.29, 0.717) is 13.0 Å². The number of hydrogen-bond acceptors (Lipinski definition) is 8. The third kappa shape index (κ3) is 20.4. The van der Waals surface area contributed by atoms with E-state index in [2.05, 4.69) is 10.6 Å². The number of rotatable bonds is 19. The number of carbonyl (C=O) groups excluding carboxylic acids is 2. The molecule has 0 rings (SSSR count). The molecule has 31 heavy (non-hydrogen) atoms. The molecule has 0 aromatic rings. The molecule has 0 spiro atoms. The minimum absolute atomic E-state index is 0.117. The summed E-state index contributed by atoms with van der Waals surface area (Å²) in [5, 5.41) is 41.8. The monoisotopic (exact) mass is 452 g/mol. The molecule has 0 saturated carbocycles. The number of urea groups is 1. The Morgan fingerprint density at radius 2 is 1.26 bits per heavy atom. The van der Waals surface area contributed by atoms with Gasteiger partial charge in [0.1, 0.15) is 5.78 Å². The summed E-state index contributed by atoms with van der Waals surface area (Å²) in [6.45, 7) is 5.73. The van der Waals surface area contributed by atoms with Crippen molar-refractivity contribution in [2.45, 2.75) is 52.5 Å². The molecule has 6 N–H and O–H groups in total. The Bertz CT molecular complexity index is 400. The van der Waals surface area contributed by atoms with E-state index >= 15 is 0 Å². The van der Waals surface area contributed by atoms with Gasteiger partial charge in [-0.15, -0.1) is 0 Å². The SMILES string of the molecule is CC.CC(=O)CCCCCNC(=O)NC(COCC(CO)CO)COCC(CO)CO. The zero-order chi connectivity index (χ0) is 23.9. The summed E-state index contributed by atoms with van der Waals surface area (Å²) < 4.78 is 10.9. The molecular formula is C21H44N2O8. The van der Waals surface area contributed by atoms with Crippen LogP contribution in [0.3, 0.4) is 0 Å². The second-order valence-electron chi connectivity index (χ2n) is 7.15. The van der Waals surface area contributed by atoms with E-state index < -0.39 is 17.9 Å². The molecule has 0 aliphatic carbocycles. The Labute approximate surface area is 186 Å². The quantitative estimate of drug-likeness (QED) is 0.150. The first-order valence-electron chi connectivity index (χ1n) is 11.1. The summed E-state index contributed by atoms with van der Waals surface area (Å²) in [5.74, 6) is -0.630. The van der Waals surface area contributed by atoms with E-state index in [1.807, 2.05) is 13.8 Å². The normalized spacial score (nSPS) is 10.9. The lowest BCUT2D eigenvalue weighted by Crippen LogP contribution is -2.47.